The summed E-state index contributed by atoms with van der Waals surface area (Å²) < 4.78 is 157. The Hall–Kier alpha value is -3.24. The molecule has 6 N–H and O–H groups in total. The number of nitrogens with one attached hydrogen (secondary N) is 4. The summed E-state index contributed by atoms with van der Waals surface area (Å²) >= 11 is 0. The molecule has 298 valence electrons. The van der Waals surface area contributed by atoms with Crippen LogP contribution in [0.5, 0.6) is 0 Å². The van der Waals surface area contributed by atoms with Crippen LogP contribution < -0.4 is 21.3 Å². The first-order chi connectivity index (χ1) is 23.3. The van der Waals surface area contributed by atoms with E-state index in [1.54, 1.807) is 10.6 Å². The molecule has 4 amide bonds. The average Bonchev–Trinajstić information content (AvgIpc) is 2.95. The second kappa shape index (κ2) is 20.1. The molecular formula is C20H32N4O23S4-4. The predicted octanol–water partition coefficient (Wildman–Crippen LogP) is -7.34. The molecule has 1 fully saturated rings. The smallest absolute Gasteiger partial charge is 0.407 e. The predicted molar refractivity (Wildman–Crippen MR) is 154 cm³/mol. The second-order valence-electron chi connectivity index (χ2n) is 9.82. The monoisotopic (exact) mass is 824 g/mol. The van der Waals surface area contributed by atoms with E-state index in [0.29, 0.717) is 0 Å². The molecule has 1 heterocycles. The fourth-order valence-electron chi connectivity index (χ4n) is 3.53. The molecule has 31 heteroatoms. The van der Waals surface area contributed by atoms with Crippen LogP contribution in [0.25, 0.3) is 0 Å². The molecule has 1 rings (SSSR count). The first kappa shape index (κ1) is 45.8. The van der Waals surface area contributed by atoms with Crippen LogP contribution in [0.1, 0.15) is 0 Å². The van der Waals surface area contributed by atoms with Gasteiger partial charge >= 0.3 is 18.3 Å². The molecule has 27 nitrogen and oxygen atoms in total. The van der Waals surface area contributed by atoms with Crippen molar-refractivity contribution < 1.29 is 105 Å². The highest BCUT2D eigenvalue weighted by Crippen LogP contribution is 2.30. The van der Waals surface area contributed by atoms with Gasteiger partial charge in [-0.3, -0.25) is 4.79 Å². The van der Waals surface area contributed by atoms with Gasteiger partial charge in [0.15, 0.2) is 30.7 Å². The maximum Gasteiger partial charge on any atom is 0.407 e. The van der Waals surface area contributed by atoms with Crippen LogP contribution in [0.3, 0.4) is 0 Å². The number of carbonyl (C=O) groups excluding carboxylic acids is 4. The highest BCUT2D eigenvalue weighted by molar-refractivity contribution is 7.86. The molecule has 0 bridgehead atoms. The zero-order valence-corrected chi connectivity index (χ0v) is 28.9. The minimum atomic E-state index is -4.94. The number of rotatable bonds is 20. The molecular weight excluding hydrogens is 792 g/mol. The van der Waals surface area contributed by atoms with E-state index in [0.717, 1.165) is 0 Å². The SMILES string of the molecule is O=C(NCCS(=O)(=O)[O-])OC1C(OC(=O)NCCS(=O)(=O)[O-])[C@H](OC(=O)NCCS(=O)(=O)[O-])C(C(=O)NCCS(=O)(=O)[O-])O[C@@H]1OCC(O)CO. The highest BCUT2D eigenvalue weighted by Gasteiger charge is 2.55. The van der Waals surface area contributed by atoms with Crippen molar-refractivity contribution in [3.8, 4) is 0 Å². The summed E-state index contributed by atoms with van der Waals surface area (Å²) in [6.07, 6.45) is -18.4. The van der Waals surface area contributed by atoms with Crippen molar-refractivity contribution in [2.24, 2.45) is 0 Å². The lowest BCUT2D eigenvalue weighted by Gasteiger charge is -2.43. The lowest BCUT2D eigenvalue weighted by Crippen LogP contribution is -2.66. The summed E-state index contributed by atoms with van der Waals surface area (Å²) in [4.78, 5) is 51.1. The van der Waals surface area contributed by atoms with Crippen molar-refractivity contribution in [1.82, 2.24) is 21.3 Å². The van der Waals surface area contributed by atoms with Crippen molar-refractivity contribution >= 4 is 64.7 Å². The third kappa shape index (κ3) is 20.4. The topological polar surface area (TPSA) is 432 Å². The molecule has 1 saturated heterocycles. The van der Waals surface area contributed by atoms with Gasteiger partial charge in [-0.25, -0.2) is 48.1 Å². The van der Waals surface area contributed by atoms with E-state index in [2.05, 4.69) is 0 Å². The van der Waals surface area contributed by atoms with Crippen LogP contribution in [0.2, 0.25) is 0 Å². The van der Waals surface area contributed by atoms with Gasteiger partial charge in [0.2, 0.25) is 0 Å². The highest BCUT2D eigenvalue weighted by atomic mass is 32.2. The van der Waals surface area contributed by atoms with Crippen LogP contribution in [-0.4, -0.2) is 185 Å². The minimum Gasteiger partial charge on any atom is -0.748 e. The van der Waals surface area contributed by atoms with Crippen molar-refractivity contribution in [3.63, 3.8) is 0 Å². The first-order valence-electron chi connectivity index (χ1n) is 13.7. The van der Waals surface area contributed by atoms with Gasteiger partial charge in [-0.2, -0.15) is 0 Å². The van der Waals surface area contributed by atoms with Crippen LogP contribution in [0.15, 0.2) is 0 Å². The molecule has 1 aliphatic heterocycles. The van der Waals surface area contributed by atoms with E-state index < -0.39 is 164 Å². The summed E-state index contributed by atoms with van der Waals surface area (Å²) in [7, 11) is -19.7. The first-order valence-corrected chi connectivity index (χ1v) is 20.0. The van der Waals surface area contributed by atoms with Gasteiger partial charge in [-0.15, -0.1) is 0 Å². The molecule has 0 radical (unpaired) electrons. The van der Waals surface area contributed by atoms with Gasteiger partial charge in [0.1, 0.15) is 6.10 Å². The fourth-order valence-corrected chi connectivity index (χ4v) is 4.94. The molecule has 0 spiro atoms. The van der Waals surface area contributed by atoms with Crippen molar-refractivity contribution in [3.05, 3.63) is 0 Å². The number of carbonyl (C=O) groups is 4. The Morgan fingerprint density at radius 3 is 1.33 bits per heavy atom. The normalized spacial score (nSPS) is 21.8. The molecule has 0 aromatic carbocycles. The number of hydrogen-bond donors (Lipinski definition) is 6. The van der Waals surface area contributed by atoms with Gasteiger partial charge in [-0.1, -0.05) is 0 Å². The minimum absolute atomic E-state index is 0.888. The Balaban J connectivity index is 3.67. The molecule has 6 atom stereocenters. The van der Waals surface area contributed by atoms with Crippen LogP contribution >= 0.6 is 0 Å². The van der Waals surface area contributed by atoms with E-state index in [9.17, 15) is 81.3 Å². The van der Waals surface area contributed by atoms with E-state index >= 15 is 0 Å². The number of amides is 4. The lowest BCUT2D eigenvalue weighted by atomic mass is 9.97. The number of hydrogen-bond acceptors (Lipinski definition) is 23. The Bertz CT molecular complexity index is 1640. The molecule has 0 saturated carbocycles. The molecule has 1 aliphatic rings. The van der Waals surface area contributed by atoms with E-state index in [1.165, 1.54) is 0 Å². The third-order valence-electron chi connectivity index (χ3n) is 5.66. The van der Waals surface area contributed by atoms with Gasteiger partial charge in [-0.05, 0) is 0 Å². The van der Waals surface area contributed by atoms with Crippen molar-refractivity contribution in [2.75, 3.05) is 62.4 Å². The zero-order valence-electron chi connectivity index (χ0n) is 25.6. The summed E-state index contributed by atoms with van der Waals surface area (Å²) in [5, 5.41) is 26.3. The van der Waals surface area contributed by atoms with E-state index in [-0.39, 0.29) is 0 Å². The van der Waals surface area contributed by atoms with Crippen molar-refractivity contribution in [1.29, 1.82) is 0 Å². The summed E-state index contributed by atoms with van der Waals surface area (Å²) in [5.41, 5.74) is 0. The van der Waals surface area contributed by atoms with Gasteiger partial charge < -0.3 is 73.4 Å². The van der Waals surface area contributed by atoms with Gasteiger partial charge in [0.25, 0.3) is 5.91 Å². The lowest BCUT2D eigenvalue weighted by molar-refractivity contribution is -0.292. The van der Waals surface area contributed by atoms with Crippen LogP contribution in [-0.2, 0) is 69.0 Å². The average molecular weight is 825 g/mol. The Labute approximate surface area is 289 Å². The maximum atomic E-state index is 13.2. The second-order valence-corrected chi connectivity index (χ2v) is 15.9. The number of ether oxygens (including phenoxy) is 5. The standard InChI is InChI=1S/C20H36N4O23S4/c25-9-11(26)10-43-17-15(47-20(30)24-4-8-51(40,41)42)13(46-19(29)23-3-7-50(37,38)39)12(45-18(28)22-2-6-49(34,35)36)14(44-17)16(27)21-1-5-48(31,32)33/h11-15,17,25-26H,1-10H2,(H,21,27)(H,22,28)(H,23,29)(H,24,30)(H,31,32,33)(H,34,35,36)(H,37,38,39)(H,40,41,42)/p-4/t11?,12-,13?,14?,15?,17-/m0/s1. The third-order valence-corrected chi connectivity index (χ3v) is 8.48. The maximum absolute atomic E-state index is 13.2. The van der Waals surface area contributed by atoms with Gasteiger partial charge in [0.05, 0.1) is 76.7 Å². The largest absolute Gasteiger partial charge is 0.748 e. The van der Waals surface area contributed by atoms with E-state index in [1.807, 2.05) is 10.6 Å². The Kier molecular flexibility index (Phi) is 18.1. The number of aliphatic hydroxyl groups excluding tert-OH is 2. The van der Waals surface area contributed by atoms with Gasteiger partial charge in [0, 0.05) is 26.2 Å². The Morgan fingerprint density at radius 1 is 0.608 bits per heavy atom. The summed E-state index contributed by atoms with van der Waals surface area (Å²) in [5.74, 6) is -6.26. The van der Waals surface area contributed by atoms with Crippen LogP contribution in [0.4, 0.5) is 14.4 Å². The summed E-state index contributed by atoms with van der Waals surface area (Å²) in [6.45, 7) is -5.53. The molecule has 0 aromatic heterocycles. The summed E-state index contributed by atoms with van der Waals surface area (Å²) in [6, 6.07) is 0. The van der Waals surface area contributed by atoms with Crippen LogP contribution in [0, 0.1) is 0 Å². The van der Waals surface area contributed by atoms with E-state index in [4.69, 9.17) is 23.7 Å². The number of alkyl carbamates (subject to hydrolysis) is 3. The molecule has 4 unspecified atom stereocenters. The fraction of sp³-hybridized carbons (Fsp3) is 0.800. The van der Waals surface area contributed by atoms with Crippen molar-refractivity contribution in [2.45, 2.75) is 36.8 Å². The zero-order chi connectivity index (χ0) is 39.2. The quantitative estimate of drug-likeness (QED) is 0.0490. The Morgan fingerprint density at radius 2 is 0.961 bits per heavy atom. The molecule has 0 aromatic rings. The number of aliphatic hydroxyl groups is 2. The molecule has 0 aliphatic carbocycles. The molecule has 51 heavy (non-hydrogen) atoms.